The molecule has 0 aliphatic heterocycles. The third-order valence-corrected chi connectivity index (χ3v) is 3.35. The number of nitrogens with zero attached hydrogens (tertiary/aromatic N) is 3. The quantitative estimate of drug-likeness (QED) is 0.572. The van der Waals surface area contributed by atoms with Gasteiger partial charge in [-0.3, -0.25) is 10.1 Å². The van der Waals surface area contributed by atoms with Gasteiger partial charge < -0.3 is 9.84 Å². The van der Waals surface area contributed by atoms with Crippen LogP contribution in [-0.2, 0) is 6.54 Å². The third-order valence-electron chi connectivity index (χ3n) is 3.35. The highest BCUT2D eigenvalue weighted by Crippen LogP contribution is 2.21. The van der Waals surface area contributed by atoms with Gasteiger partial charge in [0.05, 0.1) is 11.5 Å². The fraction of sp³-hybridized carbons (Fsp3) is 0.125. The highest BCUT2D eigenvalue weighted by atomic mass is 16.6. The smallest absolute Gasteiger partial charge is 0.271 e. The molecule has 3 rings (SSSR count). The van der Waals surface area contributed by atoms with Crippen LogP contribution < -0.4 is 5.32 Å². The summed E-state index contributed by atoms with van der Waals surface area (Å²) in [5, 5.41) is 17.8. The maximum absolute atomic E-state index is 10.8. The summed E-state index contributed by atoms with van der Waals surface area (Å²) in [5.74, 6) is 0.939. The van der Waals surface area contributed by atoms with Crippen LogP contribution in [0.5, 0.6) is 0 Å². The van der Waals surface area contributed by atoms with Crippen molar-refractivity contribution in [2.24, 2.45) is 0 Å². The molecular weight excluding hydrogens is 296 g/mol. The number of anilines is 1. The Morgan fingerprint density at radius 2 is 2.04 bits per heavy atom. The first kappa shape index (κ1) is 14.7. The molecule has 23 heavy (non-hydrogen) atoms. The van der Waals surface area contributed by atoms with Crippen molar-refractivity contribution in [2.75, 3.05) is 5.32 Å². The van der Waals surface area contributed by atoms with E-state index in [1.165, 1.54) is 12.1 Å². The van der Waals surface area contributed by atoms with E-state index < -0.39 is 4.92 Å². The van der Waals surface area contributed by atoms with Crippen molar-refractivity contribution in [2.45, 2.75) is 13.5 Å². The first-order valence-corrected chi connectivity index (χ1v) is 7.00. The number of hydrogen-bond acceptors (Lipinski definition) is 6. The van der Waals surface area contributed by atoms with Gasteiger partial charge in [-0.25, -0.2) is 0 Å². The molecule has 0 saturated carbocycles. The summed E-state index contributed by atoms with van der Waals surface area (Å²) in [6.45, 7) is 2.27. The average molecular weight is 310 g/mol. The molecule has 0 aliphatic carbocycles. The minimum absolute atomic E-state index is 0.0288. The summed E-state index contributed by atoms with van der Waals surface area (Å²) in [6, 6.07) is 14.0. The Morgan fingerprint density at radius 3 is 2.83 bits per heavy atom. The summed E-state index contributed by atoms with van der Waals surface area (Å²) >= 11 is 0. The fourth-order valence-electron chi connectivity index (χ4n) is 2.17. The summed E-state index contributed by atoms with van der Waals surface area (Å²) in [6.07, 6.45) is 0. The van der Waals surface area contributed by atoms with Gasteiger partial charge in [0, 0.05) is 23.4 Å². The number of aromatic nitrogens is 2. The zero-order valence-electron chi connectivity index (χ0n) is 12.4. The van der Waals surface area contributed by atoms with E-state index in [-0.39, 0.29) is 5.69 Å². The number of aryl methyl sites for hydroxylation is 1. The first-order chi connectivity index (χ1) is 11.1. The number of nitro benzene ring substituents is 1. The topological polar surface area (TPSA) is 94.1 Å². The van der Waals surface area contributed by atoms with Crippen LogP contribution in [0, 0.1) is 17.0 Å². The Morgan fingerprint density at radius 1 is 1.22 bits per heavy atom. The van der Waals surface area contributed by atoms with Gasteiger partial charge in [-0.15, -0.1) is 0 Å². The van der Waals surface area contributed by atoms with Crippen molar-refractivity contribution in [1.29, 1.82) is 0 Å². The maximum Gasteiger partial charge on any atom is 0.271 e. The van der Waals surface area contributed by atoms with Gasteiger partial charge in [-0.2, -0.15) is 4.98 Å². The predicted molar refractivity (Wildman–Crippen MR) is 84.9 cm³/mol. The second-order valence-corrected chi connectivity index (χ2v) is 4.99. The number of non-ortho nitro benzene ring substituents is 1. The molecule has 1 aromatic heterocycles. The van der Waals surface area contributed by atoms with Crippen molar-refractivity contribution >= 4 is 11.4 Å². The van der Waals surface area contributed by atoms with Crippen molar-refractivity contribution < 1.29 is 9.45 Å². The minimum Gasteiger partial charge on any atom is -0.376 e. The van der Waals surface area contributed by atoms with E-state index in [0.29, 0.717) is 23.9 Å². The van der Waals surface area contributed by atoms with Gasteiger partial charge in [0.15, 0.2) is 0 Å². The lowest BCUT2D eigenvalue weighted by Crippen LogP contribution is -2.00. The molecular formula is C16H14N4O3. The molecule has 7 nitrogen and oxygen atoms in total. The van der Waals surface area contributed by atoms with E-state index >= 15 is 0 Å². The van der Waals surface area contributed by atoms with Gasteiger partial charge in [-0.05, 0) is 18.6 Å². The molecule has 1 heterocycles. The minimum atomic E-state index is -0.436. The Labute approximate surface area is 132 Å². The van der Waals surface area contributed by atoms with Gasteiger partial charge in [0.1, 0.15) is 0 Å². The molecule has 0 fully saturated rings. The number of benzene rings is 2. The van der Waals surface area contributed by atoms with Crippen molar-refractivity contribution in [3.05, 3.63) is 70.1 Å². The van der Waals surface area contributed by atoms with E-state index in [1.807, 2.05) is 31.2 Å². The highest BCUT2D eigenvalue weighted by molar-refractivity contribution is 5.59. The molecule has 0 unspecified atom stereocenters. The summed E-state index contributed by atoms with van der Waals surface area (Å²) in [7, 11) is 0. The van der Waals surface area contributed by atoms with Crippen molar-refractivity contribution in [3.63, 3.8) is 0 Å². The highest BCUT2D eigenvalue weighted by Gasteiger charge is 2.11. The molecule has 0 spiro atoms. The van der Waals surface area contributed by atoms with Crippen LogP contribution in [0.3, 0.4) is 0 Å². The monoisotopic (exact) mass is 310 g/mol. The molecule has 116 valence electrons. The van der Waals surface area contributed by atoms with Crippen LogP contribution >= 0.6 is 0 Å². The van der Waals surface area contributed by atoms with Crippen LogP contribution in [-0.4, -0.2) is 15.1 Å². The molecule has 0 aliphatic rings. The second kappa shape index (κ2) is 6.27. The molecule has 0 bridgehead atoms. The molecule has 0 amide bonds. The van der Waals surface area contributed by atoms with E-state index in [0.717, 1.165) is 11.1 Å². The van der Waals surface area contributed by atoms with Gasteiger partial charge in [-0.1, -0.05) is 35.5 Å². The zero-order valence-corrected chi connectivity index (χ0v) is 12.4. The molecule has 0 atom stereocenters. The number of hydrogen-bond donors (Lipinski definition) is 1. The SMILES string of the molecule is Cc1ccccc1-c1noc(CNc2cccc([N+](=O)[O-])c2)n1. The average Bonchev–Trinajstić information content (AvgIpc) is 3.02. The van der Waals surface area contributed by atoms with Crippen LogP contribution in [0.2, 0.25) is 0 Å². The van der Waals surface area contributed by atoms with Crippen molar-refractivity contribution in [1.82, 2.24) is 10.1 Å². The number of nitro groups is 1. The zero-order chi connectivity index (χ0) is 16.2. The van der Waals surface area contributed by atoms with E-state index in [4.69, 9.17) is 4.52 Å². The molecule has 3 aromatic rings. The van der Waals surface area contributed by atoms with Crippen LogP contribution in [0.25, 0.3) is 11.4 Å². The van der Waals surface area contributed by atoms with Crippen molar-refractivity contribution in [3.8, 4) is 11.4 Å². The third kappa shape index (κ3) is 3.34. The Bertz CT molecular complexity index is 845. The summed E-state index contributed by atoms with van der Waals surface area (Å²) in [4.78, 5) is 14.7. The Balaban J connectivity index is 1.72. The molecule has 1 N–H and O–H groups in total. The summed E-state index contributed by atoms with van der Waals surface area (Å²) in [5.41, 5.74) is 2.63. The summed E-state index contributed by atoms with van der Waals surface area (Å²) < 4.78 is 5.22. The largest absolute Gasteiger partial charge is 0.376 e. The standard InChI is InChI=1S/C16H14N4O3/c1-11-5-2-3-8-14(11)16-18-15(23-19-16)10-17-12-6-4-7-13(9-12)20(21)22/h2-9,17H,10H2,1H3. The van der Waals surface area contributed by atoms with Crippen LogP contribution in [0.1, 0.15) is 11.5 Å². The molecule has 0 radical (unpaired) electrons. The fourth-order valence-corrected chi connectivity index (χ4v) is 2.17. The molecule has 0 saturated heterocycles. The second-order valence-electron chi connectivity index (χ2n) is 4.99. The number of rotatable bonds is 5. The molecule has 2 aromatic carbocycles. The van der Waals surface area contributed by atoms with Gasteiger partial charge >= 0.3 is 0 Å². The van der Waals surface area contributed by atoms with E-state index in [9.17, 15) is 10.1 Å². The lowest BCUT2D eigenvalue weighted by molar-refractivity contribution is -0.384. The number of nitrogens with one attached hydrogen (secondary N) is 1. The normalized spacial score (nSPS) is 10.5. The Kier molecular flexibility index (Phi) is 4.01. The van der Waals surface area contributed by atoms with E-state index in [1.54, 1.807) is 12.1 Å². The lowest BCUT2D eigenvalue weighted by Gasteiger charge is -2.02. The Hall–Kier alpha value is -3.22. The maximum atomic E-state index is 10.8. The molecule has 7 heteroatoms. The van der Waals surface area contributed by atoms with Crippen LogP contribution in [0.4, 0.5) is 11.4 Å². The predicted octanol–water partition coefficient (Wildman–Crippen LogP) is 3.57. The van der Waals surface area contributed by atoms with Gasteiger partial charge in [0.2, 0.25) is 11.7 Å². The van der Waals surface area contributed by atoms with Gasteiger partial charge in [0.25, 0.3) is 5.69 Å². The van der Waals surface area contributed by atoms with E-state index in [2.05, 4.69) is 15.5 Å². The first-order valence-electron chi connectivity index (χ1n) is 7.00. The lowest BCUT2D eigenvalue weighted by atomic mass is 10.1. The van der Waals surface area contributed by atoms with Crippen LogP contribution in [0.15, 0.2) is 53.1 Å².